The second-order valence-corrected chi connectivity index (χ2v) is 6.90. The Kier molecular flexibility index (Phi) is 4.07. The van der Waals surface area contributed by atoms with Crippen LogP contribution in [0.15, 0.2) is 38.8 Å². The quantitative estimate of drug-likeness (QED) is 0.832. The molecule has 0 spiro atoms. The zero-order valence-corrected chi connectivity index (χ0v) is 13.8. The summed E-state index contributed by atoms with van der Waals surface area (Å²) in [6.07, 6.45) is 0. The number of guanidine groups is 1. The average molecular weight is 319 g/mol. The van der Waals surface area contributed by atoms with Crippen molar-refractivity contribution in [3.8, 4) is 16.9 Å². The van der Waals surface area contributed by atoms with E-state index < -0.39 is 0 Å². The van der Waals surface area contributed by atoms with Gasteiger partial charge in [-0.1, -0.05) is 12.1 Å². The van der Waals surface area contributed by atoms with Crippen LogP contribution >= 0.6 is 23.3 Å². The highest BCUT2D eigenvalue weighted by Crippen LogP contribution is 2.43. The highest BCUT2D eigenvalue weighted by molar-refractivity contribution is 8.00. The minimum absolute atomic E-state index is 0.255. The van der Waals surface area contributed by atoms with Gasteiger partial charge in [0.1, 0.15) is 9.96 Å². The van der Waals surface area contributed by atoms with Gasteiger partial charge in [-0.15, -0.1) is 11.3 Å². The van der Waals surface area contributed by atoms with Gasteiger partial charge in [-0.2, -0.15) is 0 Å². The number of aliphatic imine (C=N–C) groups is 1. The molecule has 0 atom stereocenters. The maximum absolute atomic E-state index is 5.21. The van der Waals surface area contributed by atoms with Crippen molar-refractivity contribution in [2.45, 2.75) is 24.1 Å². The normalized spacial score (nSPS) is 15.5. The zero-order valence-electron chi connectivity index (χ0n) is 12.1. The number of anilines is 1. The molecule has 21 heavy (non-hydrogen) atoms. The molecule has 2 aromatic rings. The van der Waals surface area contributed by atoms with E-state index in [0.717, 1.165) is 17.4 Å². The van der Waals surface area contributed by atoms with Crippen molar-refractivity contribution in [2.24, 2.45) is 4.99 Å². The third-order valence-corrected chi connectivity index (χ3v) is 5.02. The summed E-state index contributed by atoms with van der Waals surface area (Å²) >= 11 is 3.34. The van der Waals surface area contributed by atoms with E-state index in [1.807, 2.05) is 12.1 Å². The number of benzene rings is 1. The maximum Gasteiger partial charge on any atom is 0.206 e. The molecule has 0 fully saturated rings. The molecule has 3 rings (SSSR count). The molecule has 1 aromatic heterocycles. The fourth-order valence-corrected chi connectivity index (χ4v) is 3.85. The van der Waals surface area contributed by atoms with Gasteiger partial charge in [0, 0.05) is 28.9 Å². The van der Waals surface area contributed by atoms with Crippen molar-refractivity contribution in [1.82, 2.24) is 4.72 Å². The Morgan fingerprint density at radius 3 is 2.62 bits per heavy atom. The predicted octanol–water partition coefficient (Wildman–Crippen LogP) is 4.21. The van der Waals surface area contributed by atoms with E-state index >= 15 is 0 Å². The van der Waals surface area contributed by atoms with Crippen LogP contribution < -0.4 is 14.8 Å². The van der Waals surface area contributed by atoms with Crippen molar-refractivity contribution in [1.29, 1.82) is 0 Å². The zero-order chi connectivity index (χ0) is 14.8. The van der Waals surface area contributed by atoms with Crippen LogP contribution in [0.1, 0.15) is 13.8 Å². The molecule has 1 aliphatic heterocycles. The number of hydrogen-bond acceptors (Lipinski definition) is 4. The lowest BCUT2D eigenvalue weighted by Gasteiger charge is -2.19. The number of fused-ring (bicyclic) bond motifs is 1. The SMILES string of the molecule is COc1ccc(-c2csc3c2NC(=NC(C)C)NS3)cc1. The number of methoxy groups -OCH3 is 1. The minimum Gasteiger partial charge on any atom is -0.497 e. The van der Waals surface area contributed by atoms with E-state index in [1.54, 1.807) is 30.4 Å². The van der Waals surface area contributed by atoms with Gasteiger partial charge < -0.3 is 10.1 Å². The summed E-state index contributed by atoms with van der Waals surface area (Å²) in [6.45, 7) is 4.13. The third-order valence-electron chi connectivity index (χ3n) is 3.03. The van der Waals surface area contributed by atoms with Gasteiger partial charge in [-0.05, 0) is 31.5 Å². The molecule has 2 heterocycles. The number of nitrogens with one attached hydrogen (secondary N) is 2. The Balaban J connectivity index is 1.93. The van der Waals surface area contributed by atoms with Crippen LogP contribution in [0, 0.1) is 0 Å². The highest BCUT2D eigenvalue weighted by Gasteiger charge is 2.20. The van der Waals surface area contributed by atoms with Gasteiger partial charge in [-0.3, -0.25) is 4.72 Å². The lowest BCUT2D eigenvalue weighted by molar-refractivity contribution is 0.415. The fourth-order valence-electron chi connectivity index (χ4n) is 2.07. The van der Waals surface area contributed by atoms with Gasteiger partial charge in [0.15, 0.2) is 0 Å². The first kappa shape index (κ1) is 14.3. The number of hydrogen-bond donors (Lipinski definition) is 2. The molecule has 4 nitrogen and oxygen atoms in total. The lowest BCUT2D eigenvalue weighted by atomic mass is 10.1. The first-order chi connectivity index (χ1) is 10.2. The Hall–Kier alpha value is -1.66. The van der Waals surface area contributed by atoms with Crippen LogP contribution in [0.25, 0.3) is 11.1 Å². The highest BCUT2D eigenvalue weighted by atomic mass is 32.2. The van der Waals surface area contributed by atoms with Crippen LogP contribution in [0.3, 0.4) is 0 Å². The number of thiophene rings is 1. The smallest absolute Gasteiger partial charge is 0.206 e. The minimum atomic E-state index is 0.255. The van der Waals surface area contributed by atoms with Crippen molar-refractivity contribution < 1.29 is 4.74 Å². The summed E-state index contributed by atoms with van der Waals surface area (Å²) in [5, 5.41) is 5.57. The van der Waals surface area contributed by atoms with Crippen LogP contribution in [-0.4, -0.2) is 19.1 Å². The molecule has 2 N–H and O–H groups in total. The molecule has 0 aliphatic carbocycles. The van der Waals surface area contributed by atoms with E-state index in [-0.39, 0.29) is 6.04 Å². The van der Waals surface area contributed by atoms with Crippen molar-refractivity contribution in [3.63, 3.8) is 0 Å². The number of ether oxygens (including phenoxy) is 1. The van der Waals surface area contributed by atoms with Gasteiger partial charge >= 0.3 is 0 Å². The second-order valence-electron chi connectivity index (χ2n) is 4.94. The third kappa shape index (κ3) is 3.01. The largest absolute Gasteiger partial charge is 0.497 e. The van der Waals surface area contributed by atoms with E-state index in [9.17, 15) is 0 Å². The molecule has 0 saturated carbocycles. The van der Waals surface area contributed by atoms with Gasteiger partial charge in [0.25, 0.3) is 0 Å². The Labute approximate surface area is 132 Å². The van der Waals surface area contributed by atoms with Gasteiger partial charge in [-0.25, -0.2) is 4.99 Å². The molecule has 1 aliphatic rings. The lowest BCUT2D eigenvalue weighted by Crippen LogP contribution is -2.29. The van der Waals surface area contributed by atoms with E-state index in [2.05, 4.69) is 46.4 Å². The molecular weight excluding hydrogens is 302 g/mol. The van der Waals surface area contributed by atoms with Crippen molar-refractivity contribution in [3.05, 3.63) is 29.6 Å². The maximum atomic E-state index is 5.21. The topological polar surface area (TPSA) is 45.6 Å². The Morgan fingerprint density at radius 2 is 1.95 bits per heavy atom. The molecule has 0 bridgehead atoms. The molecule has 0 saturated heterocycles. The standard InChI is InChI=1S/C15H17N3OS2/c1-9(2)16-15-17-13-12(8-20-14(13)21-18-15)10-4-6-11(19-3)7-5-10/h4-9H,1-3H3,(H2,16,17,18). The molecular formula is C15H17N3OS2. The van der Waals surface area contributed by atoms with Crippen LogP contribution in [0.4, 0.5) is 5.69 Å². The van der Waals surface area contributed by atoms with Crippen LogP contribution in [0.2, 0.25) is 0 Å². The van der Waals surface area contributed by atoms with Gasteiger partial charge in [0.05, 0.1) is 12.8 Å². The summed E-state index contributed by atoms with van der Waals surface area (Å²) in [4.78, 5) is 4.54. The molecule has 0 radical (unpaired) electrons. The summed E-state index contributed by atoms with van der Waals surface area (Å²) in [5.74, 6) is 1.68. The van der Waals surface area contributed by atoms with E-state index in [4.69, 9.17) is 4.74 Å². The molecule has 0 unspecified atom stereocenters. The fraction of sp³-hybridized carbons (Fsp3) is 0.267. The first-order valence-electron chi connectivity index (χ1n) is 6.71. The van der Waals surface area contributed by atoms with Crippen molar-refractivity contribution in [2.75, 3.05) is 12.4 Å². The van der Waals surface area contributed by atoms with Gasteiger partial charge in [0.2, 0.25) is 5.96 Å². The van der Waals surface area contributed by atoms with E-state index in [1.165, 1.54) is 15.3 Å². The molecule has 110 valence electrons. The summed E-state index contributed by atoms with van der Waals surface area (Å²) < 4.78 is 9.67. The molecule has 6 heteroatoms. The number of rotatable bonds is 3. The monoisotopic (exact) mass is 319 g/mol. The van der Waals surface area contributed by atoms with Crippen LogP contribution in [0.5, 0.6) is 5.75 Å². The van der Waals surface area contributed by atoms with Crippen LogP contribution in [-0.2, 0) is 0 Å². The summed E-state index contributed by atoms with van der Waals surface area (Å²) in [5.41, 5.74) is 3.50. The second kappa shape index (κ2) is 5.99. The molecule has 0 amide bonds. The van der Waals surface area contributed by atoms with Crippen molar-refractivity contribution >= 4 is 34.9 Å². The summed E-state index contributed by atoms with van der Waals surface area (Å²) in [7, 11) is 1.68. The summed E-state index contributed by atoms with van der Waals surface area (Å²) in [6, 6.07) is 8.38. The van der Waals surface area contributed by atoms with E-state index in [0.29, 0.717) is 0 Å². The predicted molar refractivity (Wildman–Crippen MR) is 91.5 cm³/mol. The average Bonchev–Trinajstić information content (AvgIpc) is 2.90. The Morgan fingerprint density at radius 1 is 1.19 bits per heavy atom. The first-order valence-corrected chi connectivity index (χ1v) is 8.40. The Bertz CT molecular complexity index is 662. The molecule has 1 aromatic carbocycles. The number of nitrogens with zero attached hydrogens (tertiary/aromatic N) is 1.